The summed E-state index contributed by atoms with van der Waals surface area (Å²) in [7, 11) is 0. The number of hydrogen-bond donors (Lipinski definition) is 2. The normalized spacial score (nSPS) is 13.3. The van der Waals surface area contributed by atoms with Crippen LogP contribution >= 0.6 is 0 Å². The highest BCUT2D eigenvalue weighted by Crippen LogP contribution is 2.25. The first kappa shape index (κ1) is 28.7. The van der Waals surface area contributed by atoms with Gasteiger partial charge >= 0.3 is 6.09 Å². The molecule has 186 valence electrons. The van der Waals surface area contributed by atoms with Crippen LogP contribution < -0.4 is 10.6 Å². The molecule has 0 saturated carbocycles. The summed E-state index contributed by atoms with van der Waals surface area (Å²) in [5, 5.41) is 15.1. The fourth-order valence-corrected chi connectivity index (χ4v) is 3.27. The first-order valence-corrected chi connectivity index (χ1v) is 11.3. The number of nitrogens with zero attached hydrogens (tertiary/aromatic N) is 2. The molecule has 8 heteroatoms. The van der Waals surface area contributed by atoms with Crippen LogP contribution in [-0.4, -0.2) is 46.5 Å². The summed E-state index contributed by atoms with van der Waals surface area (Å²) < 4.78 is 5.32. The molecule has 34 heavy (non-hydrogen) atoms. The number of nitrogens with one attached hydrogen (secondary N) is 2. The number of hydrogen-bond acceptors (Lipinski definition) is 5. The summed E-state index contributed by atoms with van der Waals surface area (Å²) in [6, 6.07) is 6.96. The van der Waals surface area contributed by atoms with Crippen LogP contribution in [0.15, 0.2) is 30.8 Å². The van der Waals surface area contributed by atoms with E-state index >= 15 is 0 Å². The summed E-state index contributed by atoms with van der Waals surface area (Å²) in [6.07, 6.45) is 0.889. The Kier molecular flexibility index (Phi) is 9.86. The van der Waals surface area contributed by atoms with Gasteiger partial charge in [0.05, 0.1) is 6.07 Å². The van der Waals surface area contributed by atoms with Crippen molar-refractivity contribution >= 4 is 24.0 Å². The van der Waals surface area contributed by atoms with Gasteiger partial charge in [0.2, 0.25) is 11.8 Å². The van der Waals surface area contributed by atoms with Crippen LogP contribution in [-0.2, 0) is 14.3 Å². The molecule has 0 bridgehead atoms. The van der Waals surface area contributed by atoms with Gasteiger partial charge in [-0.3, -0.25) is 9.59 Å². The highest BCUT2D eigenvalue weighted by atomic mass is 16.6. The quantitative estimate of drug-likeness (QED) is 0.554. The first-order valence-electron chi connectivity index (χ1n) is 11.3. The molecule has 1 aromatic rings. The van der Waals surface area contributed by atoms with E-state index in [9.17, 15) is 19.6 Å². The van der Waals surface area contributed by atoms with Crippen molar-refractivity contribution in [2.45, 2.75) is 78.6 Å². The molecule has 0 aromatic heterocycles. The Morgan fingerprint density at radius 3 is 2.26 bits per heavy atom. The van der Waals surface area contributed by atoms with Gasteiger partial charge in [-0.1, -0.05) is 44.7 Å². The van der Waals surface area contributed by atoms with E-state index in [1.807, 2.05) is 32.9 Å². The number of rotatable bonds is 8. The van der Waals surface area contributed by atoms with Crippen molar-refractivity contribution in [3.05, 3.63) is 42.0 Å². The highest BCUT2D eigenvalue weighted by molar-refractivity contribution is 5.92. The number of benzene rings is 1. The molecule has 3 amide bonds. The van der Waals surface area contributed by atoms with Crippen molar-refractivity contribution in [3.8, 4) is 6.07 Å². The van der Waals surface area contributed by atoms with Crippen LogP contribution in [0.1, 0.15) is 72.6 Å². The zero-order valence-corrected chi connectivity index (χ0v) is 21.6. The average Bonchev–Trinajstić information content (AvgIpc) is 2.68. The monoisotopic (exact) mass is 470 g/mol. The number of alkyl carbamates (subject to hydrolysis) is 1. The van der Waals surface area contributed by atoms with Crippen LogP contribution in [0.4, 0.5) is 4.79 Å². The topological polar surface area (TPSA) is 112 Å². The molecule has 2 unspecified atom stereocenters. The van der Waals surface area contributed by atoms with E-state index in [1.54, 1.807) is 58.9 Å². The lowest BCUT2D eigenvalue weighted by Crippen LogP contribution is -2.56. The number of carbonyl (C=O) groups excluding carboxylic acids is 3. The summed E-state index contributed by atoms with van der Waals surface area (Å²) in [6.45, 7) is 17.6. The lowest BCUT2D eigenvalue weighted by molar-refractivity contribution is -0.143. The van der Waals surface area contributed by atoms with Crippen molar-refractivity contribution in [3.63, 3.8) is 0 Å². The predicted molar refractivity (Wildman–Crippen MR) is 132 cm³/mol. The lowest BCUT2D eigenvalue weighted by Gasteiger charge is -2.35. The van der Waals surface area contributed by atoms with Gasteiger partial charge in [0.1, 0.15) is 24.2 Å². The maximum Gasteiger partial charge on any atom is 0.408 e. The van der Waals surface area contributed by atoms with Gasteiger partial charge in [-0.15, -0.1) is 0 Å². The Hall–Kier alpha value is -3.34. The third-order valence-electron chi connectivity index (χ3n) is 4.65. The van der Waals surface area contributed by atoms with Gasteiger partial charge < -0.3 is 20.3 Å². The highest BCUT2D eigenvalue weighted by Gasteiger charge is 2.38. The smallest absolute Gasteiger partial charge is 0.408 e. The number of carbonyl (C=O) groups is 3. The van der Waals surface area contributed by atoms with E-state index in [4.69, 9.17) is 4.74 Å². The molecule has 0 fully saturated rings. The van der Waals surface area contributed by atoms with Crippen molar-refractivity contribution in [2.75, 3.05) is 6.54 Å². The molecule has 1 rings (SSSR count). The minimum Gasteiger partial charge on any atom is -0.444 e. The SMILES string of the molecule is C=Cc1cccc(C(C(=O)NC(C)(C)C)N(CC#N)C(=O)C(NC(=O)OC(C)(C)C)C(C)C)c1. The Bertz CT molecular complexity index is 935. The van der Waals surface area contributed by atoms with Crippen molar-refractivity contribution in [1.29, 1.82) is 5.26 Å². The Labute approximate surface area is 203 Å². The summed E-state index contributed by atoms with van der Waals surface area (Å²) in [4.78, 5) is 40.8. The second-order valence-corrected chi connectivity index (χ2v) is 10.5. The Balaban J connectivity index is 3.51. The zero-order chi connectivity index (χ0) is 26.3. The second-order valence-electron chi connectivity index (χ2n) is 10.5. The maximum atomic E-state index is 13.7. The molecule has 0 aliphatic carbocycles. The van der Waals surface area contributed by atoms with E-state index in [-0.39, 0.29) is 12.5 Å². The van der Waals surface area contributed by atoms with Crippen LogP contribution in [0.3, 0.4) is 0 Å². The van der Waals surface area contributed by atoms with E-state index in [1.165, 1.54) is 4.90 Å². The molecule has 0 saturated heterocycles. The van der Waals surface area contributed by atoms with Crippen LogP contribution in [0.2, 0.25) is 0 Å². The maximum absolute atomic E-state index is 13.7. The third-order valence-corrected chi connectivity index (χ3v) is 4.65. The number of ether oxygens (including phenoxy) is 1. The van der Waals surface area contributed by atoms with Gasteiger partial charge in [0.15, 0.2) is 0 Å². The van der Waals surface area contributed by atoms with E-state index in [0.717, 1.165) is 5.56 Å². The molecule has 2 N–H and O–H groups in total. The van der Waals surface area contributed by atoms with Gasteiger partial charge in [-0.2, -0.15) is 5.26 Å². The van der Waals surface area contributed by atoms with E-state index < -0.39 is 41.1 Å². The van der Waals surface area contributed by atoms with Crippen molar-refractivity contribution in [2.24, 2.45) is 5.92 Å². The lowest BCUT2D eigenvalue weighted by atomic mass is 9.97. The first-order chi connectivity index (χ1) is 15.6. The molecule has 2 atom stereocenters. The van der Waals surface area contributed by atoms with E-state index in [2.05, 4.69) is 17.2 Å². The van der Waals surface area contributed by atoms with Gasteiger partial charge in [0, 0.05) is 5.54 Å². The van der Waals surface area contributed by atoms with Gasteiger partial charge in [-0.05, 0) is 64.7 Å². The predicted octanol–water partition coefficient (Wildman–Crippen LogP) is 4.19. The third kappa shape index (κ3) is 8.89. The van der Waals surface area contributed by atoms with Crippen molar-refractivity contribution in [1.82, 2.24) is 15.5 Å². The number of nitriles is 1. The van der Waals surface area contributed by atoms with Crippen LogP contribution in [0.5, 0.6) is 0 Å². The average molecular weight is 471 g/mol. The molecule has 8 nitrogen and oxygen atoms in total. The minimum absolute atomic E-state index is 0.327. The van der Waals surface area contributed by atoms with Crippen molar-refractivity contribution < 1.29 is 19.1 Å². The zero-order valence-electron chi connectivity index (χ0n) is 21.6. The van der Waals surface area contributed by atoms with Crippen LogP contribution in [0.25, 0.3) is 6.08 Å². The van der Waals surface area contributed by atoms with Gasteiger partial charge in [-0.25, -0.2) is 4.79 Å². The Morgan fingerprint density at radius 1 is 1.18 bits per heavy atom. The fraction of sp³-hybridized carbons (Fsp3) is 0.538. The summed E-state index contributed by atoms with van der Waals surface area (Å²) >= 11 is 0. The molecule has 1 aromatic carbocycles. The summed E-state index contributed by atoms with van der Waals surface area (Å²) in [5.41, 5.74) is -0.0227. The molecule has 0 heterocycles. The summed E-state index contributed by atoms with van der Waals surface area (Å²) in [5.74, 6) is -1.32. The minimum atomic E-state index is -1.09. The van der Waals surface area contributed by atoms with Crippen LogP contribution in [0, 0.1) is 17.2 Å². The molecule has 0 radical (unpaired) electrons. The number of amides is 3. The standard InChI is InChI=1S/C26H38N4O4/c1-10-18-12-11-13-19(16-18)21(22(31)29-25(4,5)6)30(15-14-27)23(32)20(17(2)3)28-24(33)34-26(7,8)9/h10-13,16-17,20-21H,1,15H2,2-9H3,(H,28,33)(H,29,31). The van der Waals surface area contributed by atoms with E-state index in [0.29, 0.717) is 5.56 Å². The molecular formula is C26H38N4O4. The largest absolute Gasteiger partial charge is 0.444 e. The fourth-order valence-electron chi connectivity index (χ4n) is 3.27. The molecule has 0 aliphatic rings. The van der Waals surface area contributed by atoms with Gasteiger partial charge in [0.25, 0.3) is 0 Å². The molecular weight excluding hydrogens is 432 g/mol. The molecule has 0 spiro atoms. The molecule has 0 aliphatic heterocycles. The Morgan fingerprint density at radius 2 is 1.79 bits per heavy atom. The second kappa shape index (κ2) is 11.7.